The molecule has 17 heavy (non-hydrogen) atoms. The van der Waals surface area contributed by atoms with Crippen LogP contribution in [0.15, 0.2) is 29.2 Å². The van der Waals surface area contributed by atoms with Gasteiger partial charge in [0.15, 0.2) is 0 Å². The smallest absolute Gasteiger partial charge is 0.629 e. The molecule has 0 aromatic carbocycles. The Labute approximate surface area is 125 Å². The Kier molecular flexibility index (Phi) is 38.4. The number of hydrogen-bond donors (Lipinski definition) is 0. The summed E-state index contributed by atoms with van der Waals surface area (Å²) < 4.78 is 39.0. The first-order valence-corrected chi connectivity index (χ1v) is 2.85. The van der Waals surface area contributed by atoms with Gasteiger partial charge in [0.1, 0.15) is 0 Å². The molecule has 0 aliphatic carbocycles. The summed E-state index contributed by atoms with van der Waals surface area (Å²) in [6, 6.07) is 4.79. The minimum Gasteiger partial charge on any atom is -0.629 e. The standard InChI is InChI=1S/C5H5NO.4CH3.BF4.U/c7-5-3-1-2-4-6-5;;;;;2-1(3,4)5;/h1-4H,(H,6,7);4*1H3;;/q;5*-1;/p-1. The average molecular weight is 479 g/mol. The zero-order valence-electron chi connectivity index (χ0n) is 10.3. The van der Waals surface area contributed by atoms with Crippen LogP contribution in [0, 0.1) is 60.8 Å². The summed E-state index contributed by atoms with van der Waals surface area (Å²) in [6.45, 7) is 0. The predicted molar refractivity (Wildman–Crippen MR) is 61.9 cm³/mol. The van der Waals surface area contributed by atoms with Crippen molar-refractivity contribution in [2.45, 2.75) is 0 Å². The molecule has 8 heteroatoms. The van der Waals surface area contributed by atoms with Gasteiger partial charge in [0, 0.05) is 31.1 Å². The second-order valence-corrected chi connectivity index (χ2v) is 1.66. The van der Waals surface area contributed by atoms with Gasteiger partial charge in [-0.15, -0.1) is 0 Å². The van der Waals surface area contributed by atoms with Crippen LogP contribution in [0.5, 0.6) is 0 Å². The summed E-state index contributed by atoms with van der Waals surface area (Å²) >= 11 is 0. The van der Waals surface area contributed by atoms with Gasteiger partial charge < -0.3 is 56.7 Å². The summed E-state index contributed by atoms with van der Waals surface area (Å²) in [7, 11) is -6.00. The van der Waals surface area contributed by atoms with Crippen LogP contribution in [0.1, 0.15) is 0 Å². The van der Waals surface area contributed by atoms with E-state index in [1.807, 2.05) is 0 Å². The topological polar surface area (TPSA) is 31.2 Å². The molecule has 0 fully saturated rings. The van der Waals surface area contributed by atoms with Crippen molar-refractivity contribution in [3.05, 3.63) is 64.5 Å². The number of rotatable bonds is 0. The van der Waals surface area contributed by atoms with E-state index in [1.54, 1.807) is 12.1 Å². The van der Waals surface area contributed by atoms with Gasteiger partial charge >= 0.3 is 7.25 Å². The van der Waals surface area contributed by atoms with Crippen LogP contribution in [0.4, 0.5) is 17.3 Å². The van der Waals surface area contributed by atoms with E-state index in [9.17, 15) is 22.1 Å². The van der Waals surface area contributed by atoms with Crippen LogP contribution in [0.3, 0.4) is 0 Å². The fourth-order valence-electron chi connectivity index (χ4n) is 0.347. The van der Waals surface area contributed by atoms with Gasteiger partial charge in [-0.3, -0.25) is 0 Å². The van der Waals surface area contributed by atoms with E-state index in [2.05, 4.69) is 4.98 Å². The van der Waals surface area contributed by atoms with Gasteiger partial charge in [0.2, 0.25) is 0 Å². The van der Waals surface area contributed by atoms with E-state index < -0.39 is 7.25 Å². The monoisotopic (exact) mass is 479 g/mol. The van der Waals surface area contributed by atoms with Crippen molar-refractivity contribution in [1.29, 1.82) is 0 Å². The fraction of sp³-hybridized carbons (Fsp3) is 0. The maximum atomic E-state index is 10.2. The molecule has 1 heterocycles. The Morgan fingerprint density at radius 3 is 1.41 bits per heavy atom. The molecule has 0 bridgehead atoms. The van der Waals surface area contributed by atoms with E-state index in [1.165, 1.54) is 12.3 Å². The number of pyridine rings is 1. The van der Waals surface area contributed by atoms with Crippen LogP contribution in [0.2, 0.25) is 0 Å². The van der Waals surface area contributed by atoms with Crippen LogP contribution >= 0.6 is 0 Å². The second kappa shape index (κ2) is 18.2. The molecule has 0 radical (unpaired) electrons. The van der Waals surface area contributed by atoms with Crippen molar-refractivity contribution in [3.8, 4) is 0 Å². The summed E-state index contributed by atoms with van der Waals surface area (Å²) in [5, 5.41) is 0. The van der Waals surface area contributed by atoms with Crippen LogP contribution < -0.4 is 10.5 Å². The van der Waals surface area contributed by atoms with Gasteiger partial charge in [0.05, 0.1) is 5.56 Å². The molecule has 0 aliphatic rings. The molecular formula is C9H16BF4NOU-6. The number of aromatic nitrogens is 1. The summed E-state index contributed by atoms with van der Waals surface area (Å²) in [4.78, 5) is 13.6. The molecule has 1 aromatic rings. The number of hydrogen-bond acceptors (Lipinski definition) is 1. The van der Waals surface area contributed by atoms with Crippen molar-refractivity contribution in [2.24, 2.45) is 0 Å². The zero-order chi connectivity index (χ0) is 9.61. The Morgan fingerprint density at radius 1 is 0.941 bits per heavy atom. The molecule has 104 valence electrons. The van der Waals surface area contributed by atoms with Gasteiger partial charge in [-0.2, -0.15) is 6.20 Å². The van der Waals surface area contributed by atoms with Crippen molar-refractivity contribution < 1.29 is 48.4 Å². The predicted octanol–water partition coefficient (Wildman–Crippen LogP) is 3.11. The van der Waals surface area contributed by atoms with Crippen molar-refractivity contribution in [1.82, 2.24) is 4.98 Å². The fourth-order valence-corrected chi connectivity index (χ4v) is 0.347. The van der Waals surface area contributed by atoms with Crippen LogP contribution in [0.25, 0.3) is 0 Å². The summed E-state index contributed by atoms with van der Waals surface area (Å²) in [5.74, 6) is 0. The largest absolute Gasteiger partial charge is 0.673 e. The third-order valence-corrected chi connectivity index (χ3v) is 0.638. The van der Waals surface area contributed by atoms with Gasteiger partial charge in [-0.25, -0.2) is 0 Å². The third kappa shape index (κ3) is 49.5. The number of nitrogens with zero attached hydrogens (tertiary/aromatic N) is 1. The molecule has 1 rings (SSSR count). The van der Waals surface area contributed by atoms with Gasteiger partial charge in [0.25, 0.3) is 0 Å². The SMILES string of the molecule is F[B-](F)(F)F.O=c1cccc[n-]1.[CH3-].[CH3-].[CH3-].[CH3-].[U]. The first kappa shape index (κ1) is 36.0. The van der Waals surface area contributed by atoms with E-state index in [0.29, 0.717) is 0 Å². The summed E-state index contributed by atoms with van der Waals surface area (Å²) in [5.41, 5.74) is -0.178. The van der Waals surface area contributed by atoms with E-state index >= 15 is 0 Å². The quantitative estimate of drug-likeness (QED) is 0.326. The maximum Gasteiger partial charge on any atom is 0.673 e. The minimum absolute atomic E-state index is 0. The molecule has 0 saturated carbocycles. The van der Waals surface area contributed by atoms with E-state index in [4.69, 9.17) is 0 Å². The molecule has 0 aliphatic heterocycles. The Morgan fingerprint density at radius 2 is 1.29 bits per heavy atom. The van der Waals surface area contributed by atoms with Crippen LogP contribution in [-0.2, 0) is 0 Å². The molecule has 2 nitrogen and oxygen atoms in total. The molecule has 0 unspecified atom stereocenters. The van der Waals surface area contributed by atoms with Crippen molar-refractivity contribution in [3.63, 3.8) is 0 Å². The second-order valence-electron chi connectivity index (χ2n) is 1.66. The molecular weight excluding hydrogens is 463 g/mol. The van der Waals surface area contributed by atoms with Gasteiger partial charge in [-0.05, 0) is 6.07 Å². The van der Waals surface area contributed by atoms with Crippen LogP contribution in [-0.4, -0.2) is 7.25 Å². The molecule has 0 N–H and O–H groups in total. The molecule has 1 aromatic heterocycles. The first-order chi connectivity index (χ1) is 5.39. The Hall–Kier alpha value is -0.213. The third-order valence-electron chi connectivity index (χ3n) is 0.638. The van der Waals surface area contributed by atoms with Gasteiger partial charge in [-0.1, -0.05) is 12.1 Å². The summed E-state index contributed by atoms with van der Waals surface area (Å²) in [6.07, 6.45) is 1.47. The Balaban J connectivity index is -0.0000000284. The van der Waals surface area contributed by atoms with Crippen molar-refractivity contribution in [2.75, 3.05) is 0 Å². The van der Waals surface area contributed by atoms with Crippen molar-refractivity contribution >= 4 is 7.25 Å². The zero-order valence-corrected chi connectivity index (χ0v) is 14.4. The van der Waals surface area contributed by atoms with E-state index in [-0.39, 0.29) is 66.4 Å². The Bertz CT molecular complexity index is 257. The molecule has 0 atom stereocenters. The normalized spacial score (nSPS) is 7.06. The minimum atomic E-state index is -6.00. The first-order valence-electron chi connectivity index (χ1n) is 2.85. The maximum absolute atomic E-state index is 10.2. The molecule has 0 spiro atoms. The average Bonchev–Trinajstić information content (AvgIpc) is 1.85. The van der Waals surface area contributed by atoms with E-state index in [0.717, 1.165) is 0 Å². The molecule has 0 amide bonds. The number of halogens is 4. The molecule has 0 saturated heterocycles.